The van der Waals surface area contributed by atoms with Gasteiger partial charge in [-0.15, -0.1) is 0 Å². The van der Waals surface area contributed by atoms with Crippen LogP contribution in [0.2, 0.25) is 0 Å². The second-order valence-corrected chi connectivity index (χ2v) is 17.7. The van der Waals surface area contributed by atoms with Gasteiger partial charge in [-0.05, 0) is 123 Å². The van der Waals surface area contributed by atoms with Crippen molar-refractivity contribution in [2.45, 2.75) is 0 Å². The van der Waals surface area contributed by atoms with E-state index in [1.54, 1.807) is 0 Å². The Bertz CT molecular complexity index is 3930. The standard InChI is InChI=1S/C66H44N2O/c1-3-15-47(16-4-1)56-21-7-8-22-57(56)49-33-40-54(41-34-49)67(52-36-29-45(30-37-52)50-19-13-20-55(43-50)68-63-27-11-9-23-59(63)60-24-10-12-28-64(60)68)53-38-31-46(32-39-53)51-35-42-65-62(44-51)61-26-14-25-58(66(61)69-65)48-17-5-2-6-18-48/h1-44H. The fourth-order valence-electron chi connectivity index (χ4n) is 10.3. The first-order valence-electron chi connectivity index (χ1n) is 23.6. The summed E-state index contributed by atoms with van der Waals surface area (Å²) in [6.07, 6.45) is 0. The van der Waals surface area contributed by atoms with Gasteiger partial charge in [0.15, 0.2) is 0 Å². The molecule has 2 aromatic heterocycles. The van der Waals surface area contributed by atoms with Crippen molar-refractivity contribution in [2.75, 3.05) is 4.90 Å². The summed E-state index contributed by atoms with van der Waals surface area (Å²) in [5.41, 5.74) is 20.2. The molecule has 13 rings (SSSR count). The van der Waals surface area contributed by atoms with Crippen LogP contribution in [0.5, 0.6) is 0 Å². The van der Waals surface area contributed by atoms with Gasteiger partial charge in [0.2, 0.25) is 0 Å². The number of aromatic nitrogens is 1. The number of hydrogen-bond donors (Lipinski definition) is 0. The maximum atomic E-state index is 6.53. The van der Waals surface area contributed by atoms with E-state index in [0.29, 0.717) is 0 Å². The van der Waals surface area contributed by atoms with Gasteiger partial charge in [0.25, 0.3) is 0 Å². The summed E-state index contributed by atoms with van der Waals surface area (Å²) >= 11 is 0. The van der Waals surface area contributed by atoms with Gasteiger partial charge < -0.3 is 13.9 Å². The van der Waals surface area contributed by atoms with Crippen LogP contribution < -0.4 is 4.90 Å². The molecule has 0 saturated heterocycles. The molecule has 0 unspecified atom stereocenters. The third-order valence-electron chi connectivity index (χ3n) is 13.6. The highest BCUT2D eigenvalue weighted by molar-refractivity contribution is 6.11. The van der Waals surface area contributed by atoms with Gasteiger partial charge in [-0.3, -0.25) is 0 Å². The monoisotopic (exact) mass is 880 g/mol. The number of fused-ring (bicyclic) bond motifs is 6. The van der Waals surface area contributed by atoms with Crippen molar-refractivity contribution in [2.24, 2.45) is 0 Å². The number of anilines is 3. The highest BCUT2D eigenvalue weighted by Gasteiger charge is 2.18. The average Bonchev–Trinajstić information content (AvgIpc) is 3.98. The quantitative estimate of drug-likeness (QED) is 0.144. The summed E-state index contributed by atoms with van der Waals surface area (Å²) in [6, 6.07) is 95.9. The number of benzene rings is 11. The average molecular weight is 881 g/mol. The molecule has 11 aromatic carbocycles. The molecule has 0 N–H and O–H groups in total. The van der Waals surface area contributed by atoms with Crippen LogP contribution >= 0.6 is 0 Å². The maximum Gasteiger partial charge on any atom is 0.143 e. The van der Waals surface area contributed by atoms with Crippen LogP contribution in [0.25, 0.3) is 105 Å². The third-order valence-corrected chi connectivity index (χ3v) is 13.6. The van der Waals surface area contributed by atoms with Crippen LogP contribution in [0.3, 0.4) is 0 Å². The minimum atomic E-state index is 0.886. The highest BCUT2D eigenvalue weighted by atomic mass is 16.3. The first-order chi connectivity index (χ1) is 34.2. The molecule has 0 aliphatic carbocycles. The maximum absolute atomic E-state index is 6.53. The molecule has 0 bridgehead atoms. The second kappa shape index (κ2) is 16.9. The number of furan rings is 1. The van der Waals surface area contributed by atoms with Crippen LogP contribution in [-0.2, 0) is 0 Å². The summed E-state index contributed by atoms with van der Waals surface area (Å²) in [4.78, 5) is 2.35. The van der Waals surface area contributed by atoms with Crippen LogP contribution in [0.4, 0.5) is 17.1 Å². The normalized spacial score (nSPS) is 11.5. The van der Waals surface area contributed by atoms with Crippen LogP contribution in [0.15, 0.2) is 271 Å². The summed E-state index contributed by atoms with van der Waals surface area (Å²) < 4.78 is 8.91. The predicted octanol–water partition coefficient (Wildman–Crippen LogP) is 18.5. The fraction of sp³-hybridized carbons (Fsp3) is 0. The van der Waals surface area contributed by atoms with Crippen molar-refractivity contribution in [3.05, 3.63) is 267 Å². The van der Waals surface area contributed by atoms with Gasteiger partial charge in [-0.2, -0.15) is 0 Å². The lowest BCUT2D eigenvalue weighted by Crippen LogP contribution is -2.09. The molecule has 324 valence electrons. The van der Waals surface area contributed by atoms with E-state index >= 15 is 0 Å². The SMILES string of the molecule is c1ccc(-c2ccccc2-c2ccc(N(c3ccc(-c4cccc(-n5c6ccccc6c6ccccc65)c4)cc3)c3ccc(-c4ccc5oc6c(-c7ccccc7)cccc6c5c4)cc3)cc2)cc1. The molecule has 0 spiro atoms. The Morgan fingerprint density at radius 2 is 0.696 bits per heavy atom. The Hall–Kier alpha value is -9.18. The van der Waals surface area contributed by atoms with Gasteiger partial charge >= 0.3 is 0 Å². The number of nitrogens with zero attached hydrogens (tertiary/aromatic N) is 2. The first-order valence-corrected chi connectivity index (χ1v) is 23.6. The van der Waals surface area contributed by atoms with Crippen molar-refractivity contribution in [3.63, 3.8) is 0 Å². The fourth-order valence-corrected chi connectivity index (χ4v) is 10.3. The predicted molar refractivity (Wildman–Crippen MR) is 290 cm³/mol. The van der Waals surface area contributed by atoms with Crippen molar-refractivity contribution in [1.29, 1.82) is 0 Å². The first kappa shape index (κ1) is 40.1. The molecule has 2 heterocycles. The zero-order valence-electron chi connectivity index (χ0n) is 37.7. The molecule has 0 fully saturated rings. The van der Waals surface area contributed by atoms with Crippen LogP contribution in [0, 0.1) is 0 Å². The van der Waals surface area contributed by atoms with Crippen molar-refractivity contribution < 1.29 is 4.42 Å². The van der Waals surface area contributed by atoms with Gasteiger partial charge in [0.05, 0.1) is 11.0 Å². The Morgan fingerprint density at radius 3 is 1.29 bits per heavy atom. The van der Waals surface area contributed by atoms with Gasteiger partial charge in [-0.1, -0.05) is 194 Å². The molecule has 0 radical (unpaired) electrons. The molecule has 13 aromatic rings. The van der Waals surface area contributed by atoms with Crippen LogP contribution in [0.1, 0.15) is 0 Å². The molecular formula is C66H44N2O. The van der Waals surface area contributed by atoms with Gasteiger partial charge in [0, 0.05) is 49.9 Å². The molecule has 3 nitrogen and oxygen atoms in total. The van der Waals surface area contributed by atoms with Crippen LogP contribution in [-0.4, -0.2) is 4.57 Å². The number of rotatable bonds is 9. The van der Waals surface area contributed by atoms with E-state index in [-0.39, 0.29) is 0 Å². The summed E-state index contributed by atoms with van der Waals surface area (Å²) in [7, 11) is 0. The summed E-state index contributed by atoms with van der Waals surface area (Å²) in [6.45, 7) is 0. The van der Waals surface area contributed by atoms with E-state index in [9.17, 15) is 0 Å². The zero-order valence-corrected chi connectivity index (χ0v) is 37.7. The highest BCUT2D eigenvalue weighted by Crippen LogP contribution is 2.42. The number of hydrogen-bond acceptors (Lipinski definition) is 2. The van der Waals surface area contributed by atoms with E-state index in [1.165, 1.54) is 44.1 Å². The van der Waals surface area contributed by atoms with Crippen molar-refractivity contribution in [3.8, 4) is 61.3 Å². The molecule has 3 heteroatoms. The van der Waals surface area contributed by atoms with E-state index < -0.39 is 0 Å². The lowest BCUT2D eigenvalue weighted by molar-refractivity contribution is 0.670. The molecule has 0 aliphatic rings. The molecule has 69 heavy (non-hydrogen) atoms. The Kier molecular flexibility index (Phi) is 9.84. The lowest BCUT2D eigenvalue weighted by Gasteiger charge is -2.26. The Balaban J connectivity index is 0.871. The second-order valence-electron chi connectivity index (χ2n) is 17.7. The van der Waals surface area contributed by atoms with E-state index in [4.69, 9.17) is 4.42 Å². The van der Waals surface area contributed by atoms with E-state index in [2.05, 4.69) is 270 Å². The van der Waals surface area contributed by atoms with Crippen molar-refractivity contribution >= 4 is 60.8 Å². The smallest absolute Gasteiger partial charge is 0.143 e. The zero-order chi connectivity index (χ0) is 45.7. The Labute approximate surface area is 401 Å². The van der Waals surface area contributed by atoms with Gasteiger partial charge in [0.1, 0.15) is 11.2 Å². The molecule has 0 saturated carbocycles. The van der Waals surface area contributed by atoms with Gasteiger partial charge in [-0.25, -0.2) is 0 Å². The van der Waals surface area contributed by atoms with Crippen molar-refractivity contribution in [1.82, 2.24) is 4.57 Å². The minimum Gasteiger partial charge on any atom is -0.455 e. The lowest BCUT2D eigenvalue weighted by atomic mass is 9.94. The Morgan fingerprint density at radius 1 is 0.275 bits per heavy atom. The topological polar surface area (TPSA) is 21.3 Å². The summed E-state index contributed by atoms with van der Waals surface area (Å²) in [5.74, 6) is 0. The van der Waals surface area contributed by atoms with E-state index in [0.717, 1.165) is 78.1 Å². The van der Waals surface area contributed by atoms with E-state index in [1.807, 2.05) is 6.07 Å². The number of para-hydroxylation sites is 3. The minimum absolute atomic E-state index is 0.886. The molecule has 0 atom stereocenters. The third kappa shape index (κ3) is 7.16. The molecule has 0 amide bonds. The molecular weight excluding hydrogens is 837 g/mol. The summed E-state index contributed by atoms with van der Waals surface area (Å²) in [5, 5.41) is 4.75. The largest absolute Gasteiger partial charge is 0.455 e. The molecule has 0 aliphatic heterocycles.